The van der Waals surface area contributed by atoms with Gasteiger partial charge in [-0.25, -0.2) is 9.97 Å². The second-order valence-corrected chi connectivity index (χ2v) is 7.56. The first-order valence-electron chi connectivity index (χ1n) is 10.1. The van der Waals surface area contributed by atoms with Crippen LogP contribution in [0.25, 0.3) is 0 Å². The molecule has 0 radical (unpaired) electrons. The molecule has 2 aromatic rings. The normalized spacial score (nSPS) is 22.8. The first-order chi connectivity index (χ1) is 14.9. The van der Waals surface area contributed by atoms with Crippen LogP contribution in [-0.4, -0.2) is 51.5 Å². The van der Waals surface area contributed by atoms with Gasteiger partial charge in [-0.2, -0.15) is 23.4 Å². The lowest BCUT2D eigenvalue weighted by Gasteiger charge is -2.35. The quantitative estimate of drug-likeness (QED) is 0.695. The number of nitriles is 1. The Morgan fingerprint density at radius 2 is 1.65 bits per heavy atom. The van der Waals surface area contributed by atoms with Crippen LogP contribution in [0.4, 0.5) is 19.1 Å². The summed E-state index contributed by atoms with van der Waals surface area (Å²) in [6.07, 6.45) is 3.00. The smallest absolute Gasteiger partial charge is 0.471 e. The SMILES string of the molecule is N#Cc1nccnc1O[C@H]1CC[C@H](OC2CCN(c3noc(C(F)(F)F)n3)CC2)CC1. The van der Waals surface area contributed by atoms with Crippen molar-refractivity contribution in [1.29, 1.82) is 5.26 Å². The molecule has 0 N–H and O–H groups in total. The van der Waals surface area contributed by atoms with Crippen LogP contribution in [0.1, 0.15) is 50.1 Å². The third-order valence-corrected chi connectivity index (χ3v) is 5.44. The summed E-state index contributed by atoms with van der Waals surface area (Å²) in [6.45, 7) is 1.01. The Bertz CT molecular complexity index is 915. The van der Waals surface area contributed by atoms with Crippen molar-refractivity contribution >= 4 is 5.95 Å². The van der Waals surface area contributed by atoms with E-state index in [0.29, 0.717) is 25.9 Å². The highest BCUT2D eigenvalue weighted by atomic mass is 19.4. The number of aromatic nitrogens is 4. The molecule has 0 amide bonds. The summed E-state index contributed by atoms with van der Waals surface area (Å²) in [5, 5.41) is 12.5. The lowest BCUT2D eigenvalue weighted by Crippen LogP contribution is -2.40. The number of alkyl halides is 3. The van der Waals surface area contributed by atoms with Crippen molar-refractivity contribution in [2.75, 3.05) is 18.0 Å². The predicted octanol–water partition coefficient (Wildman–Crippen LogP) is 3.13. The highest BCUT2D eigenvalue weighted by Gasteiger charge is 2.39. The Labute approximate surface area is 176 Å². The van der Waals surface area contributed by atoms with Crippen LogP contribution in [0.15, 0.2) is 16.9 Å². The van der Waals surface area contributed by atoms with E-state index >= 15 is 0 Å². The van der Waals surface area contributed by atoms with Crippen LogP contribution in [0.2, 0.25) is 0 Å². The number of rotatable bonds is 5. The summed E-state index contributed by atoms with van der Waals surface area (Å²) in [6, 6.07) is 1.97. The molecular formula is C19H21F3N6O3. The number of anilines is 1. The minimum atomic E-state index is -4.64. The highest BCUT2D eigenvalue weighted by molar-refractivity contribution is 5.30. The lowest BCUT2D eigenvalue weighted by molar-refractivity contribution is -0.159. The summed E-state index contributed by atoms with van der Waals surface area (Å²) < 4.78 is 54.2. The van der Waals surface area contributed by atoms with Gasteiger partial charge in [-0.3, -0.25) is 0 Å². The third-order valence-electron chi connectivity index (χ3n) is 5.44. The molecule has 166 valence electrons. The molecule has 0 bridgehead atoms. The van der Waals surface area contributed by atoms with E-state index in [1.165, 1.54) is 12.4 Å². The fourth-order valence-electron chi connectivity index (χ4n) is 3.86. The largest absolute Gasteiger partial charge is 0.472 e. The molecule has 12 heteroatoms. The number of halogens is 3. The summed E-state index contributed by atoms with van der Waals surface area (Å²) in [5.41, 5.74) is 0.177. The Kier molecular flexibility index (Phi) is 6.22. The summed E-state index contributed by atoms with van der Waals surface area (Å²) in [5.74, 6) is -1.11. The molecular weight excluding hydrogens is 417 g/mol. The van der Waals surface area contributed by atoms with Gasteiger partial charge in [0.1, 0.15) is 12.2 Å². The maximum atomic E-state index is 12.6. The second kappa shape index (κ2) is 9.05. The van der Waals surface area contributed by atoms with E-state index in [4.69, 9.17) is 14.7 Å². The fraction of sp³-hybridized carbons (Fsp3) is 0.632. The van der Waals surface area contributed by atoms with Gasteiger partial charge < -0.3 is 18.9 Å². The van der Waals surface area contributed by atoms with Crippen molar-refractivity contribution in [3.05, 3.63) is 24.0 Å². The molecule has 2 fully saturated rings. The Morgan fingerprint density at radius 3 is 2.29 bits per heavy atom. The molecule has 3 heterocycles. The van der Waals surface area contributed by atoms with Gasteiger partial charge in [0.05, 0.1) is 12.2 Å². The van der Waals surface area contributed by atoms with Crippen molar-refractivity contribution in [1.82, 2.24) is 20.1 Å². The summed E-state index contributed by atoms with van der Waals surface area (Å²) in [4.78, 5) is 13.1. The van der Waals surface area contributed by atoms with Crippen molar-refractivity contribution in [3.63, 3.8) is 0 Å². The Balaban J connectivity index is 1.21. The average molecular weight is 438 g/mol. The molecule has 1 saturated heterocycles. The van der Waals surface area contributed by atoms with E-state index in [9.17, 15) is 13.2 Å². The summed E-state index contributed by atoms with van der Waals surface area (Å²) in [7, 11) is 0. The van der Waals surface area contributed by atoms with Crippen LogP contribution < -0.4 is 9.64 Å². The predicted molar refractivity (Wildman–Crippen MR) is 99.0 cm³/mol. The first-order valence-corrected chi connectivity index (χ1v) is 10.1. The van der Waals surface area contributed by atoms with Crippen LogP contribution in [0.5, 0.6) is 5.88 Å². The summed E-state index contributed by atoms with van der Waals surface area (Å²) >= 11 is 0. The molecule has 4 rings (SSSR count). The molecule has 1 aliphatic heterocycles. The average Bonchev–Trinajstić information content (AvgIpc) is 3.27. The van der Waals surface area contributed by atoms with Gasteiger partial charge in [-0.1, -0.05) is 0 Å². The minimum Gasteiger partial charge on any atom is -0.472 e. The zero-order valence-electron chi connectivity index (χ0n) is 16.6. The van der Waals surface area contributed by atoms with E-state index in [-0.39, 0.29) is 35.8 Å². The second-order valence-electron chi connectivity index (χ2n) is 7.56. The van der Waals surface area contributed by atoms with Crippen molar-refractivity contribution in [3.8, 4) is 11.9 Å². The van der Waals surface area contributed by atoms with Crippen LogP contribution >= 0.6 is 0 Å². The van der Waals surface area contributed by atoms with Crippen molar-refractivity contribution in [2.45, 2.75) is 63.0 Å². The van der Waals surface area contributed by atoms with Crippen molar-refractivity contribution in [2.24, 2.45) is 0 Å². The van der Waals surface area contributed by atoms with Gasteiger partial charge in [0, 0.05) is 25.5 Å². The number of ether oxygens (including phenoxy) is 2. The number of hydrogen-bond donors (Lipinski definition) is 0. The molecule has 9 nitrogen and oxygen atoms in total. The molecule has 0 aromatic carbocycles. The molecule has 0 unspecified atom stereocenters. The number of nitrogens with zero attached hydrogens (tertiary/aromatic N) is 6. The molecule has 0 atom stereocenters. The molecule has 1 aliphatic carbocycles. The van der Waals surface area contributed by atoms with Gasteiger partial charge in [-0.15, -0.1) is 0 Å². The van der Waals surface area contributed by atoms with E-state index in [1.54, 1.807) is 4.90 Å². The van der Waals surface area contributed by atoms with Gasteiger partial charge in [0.2, 0.25) is 5.69 Å². The van der Waals surface area contributed by atoms with Crippen molar-refractivity contribution < 1.29 is 27.2 Å². The zero-order chi connectivity index (χ0) is 21.8. The van der Waals surface area contributed by atoms with E-state index < -0.39 is 12.1 Å². The van der Waals surface area contributed by atoms with Gasteiger partial charge in [0.25, 0.3) is 11.8 Å². The van der Waals surface area contributed by atoms with E-state index in [2.05, 4.69) is 24.6 Å². The van der Waals surface area contributed by atoms with E-state index in [0.717, 1.165) is 25.7 Å². The Morgan fingerprint density at radius 1 is 1.00 bits per heavy atom. The third kappa shape index (κ3) is 5.22. The molecule has 31 heavy (non-hydrogen) atoms. The fourth-order valence-corrected chi connectivity index (χ4v) is 3.86. The molecule has 1 saturated carbocycles. The minimum absolute atomic E-state index is 0.0356. The maximum absolute atomic E-state index is 12.6. The standard InChI is InChI=1S/C19H21F3N6O3/c20-19(21,22)17-26-18(27-31-17)28-9-5-14(6-10-28)29-12-1-3-13(4-2-12)30-16-15(11-23)24-7-8-25-16/h7-8,12-14H,1-6,9-10H2/t12-,13-. The maximum Gasteiger partial charge on any atom is 0.471 e. The van der Waals surface area contributed by atoms with Crippen LogP contribution in [0.3, 0.4) is 0 Å². The monoisotopic (exact) mass is 438 g/mol. The zero-order valence-corrected chi connectivity index (χ0v) is 16.6. The Hall–Kier alpha value is -2.94. The van der Waals surface area contributed by atoms with E-state index in [1.807, 2.05) is 6.07 Å². The van der Waals surface area contributed by atoms with Gasteiger partial charge in [-0.05, 0) is 43.7 Å². The molecule has 2 aliphatic rings. The number of piperidine rings is 1. The lowest BCUT2D eigenvalue weighted by atomic mass is 9.94. The van der Waals surface area contributed by atoms with Gasteiger partial charge >= 0.3 is 12.1 Å². The topological polar surface area (TPSA) is 110 Å². The molecule has 2 aromatic heterocycles. The number of hydrogen-bond acceptors (Lipinski definition) is 9. The van der Waals surface area contributed by atoms with Gasteiger partial charge in [0.15, 0.2) is 0 Å². The highest BCUT2D eigenvalue weighted by Crippen LogP contribution is 2.31. The first kappa shape index (κ1) is 21.3. The molecule has 0 spiro atoms. The van der Waals surface area contributed by atoms with Crippen LogP contribution in [0, 0.1) is 11.3 Å². The van der Waals surface area contributed by atoms with Crippen LogP contribution in [-0.2, 0) is 10.9 Å².